The maximum Gasteiger partial charge on any atom is 0.356 e. The molecule has 0 atom stereocenters. The van der Waals surface area contributed by atoms with Crippen LogP contribution >= 0.6 is 0 Å². The van der Waals surface area contributed by atoms with Crippen molar-refractivity contribution in [2.45, 2.75) is 0 Å². The van der Waals surface area contributed by atoms with E-state index in [4.69, 9.17) is 0 Å². The lowest BCUT2D eigenvalue weighted by molar-refractivity contribution is 0.0594. The van der Waals surface area contributed by atoms with E-state index in [1.165, 1.54) is 12.3 Å². The minimum absolute atomic E-state index is 0.114. The van der Waals surface area contributed by atoms with Gasteiger partial charge in [0.2, 0.25) is 0 Å². The van der Waals surface area contributed by atoms with E-state index in [2.05, 4.69) is 14.7 Å². The number of rotatable bonds is 2. The molecule has 2 aromatic rings. The molecule has 1 aromatic carbocycles. The highest BCUT2D eigenvalue weighted by Crippen LogP contribution is 2.23. The third-order valence-corrected chi connectivity index (χ3v) is 2.33. The van der Waals surface area contributed by atoms with Crippen molar-refractivity contribution >= 4 is 5.97 Å². The first-order valence-corrected chi connectivity index (χ1v) is 5.10. The average Bonchev–Trinajstić information content (AvgIpc) is 2.44. The number of esters is 1. The molecule has 1 heterocycles. The largest absolute Gasteiger partial charge is 0.464 e. The Balaban J connectivity index is 2.54. The molecular weight excluding hydrogens is 261 g/mol. The van der Waals surface area contributed by atoms with Crippen LogP contribution in [0.3, 0.4) is 0 Å². The van der Waals surface area contributed by atoms with Crippen LogP contribution in [0.25, 0.3) is 11.4 Å². The molecule has 0 aliphatic rings. The van der Waals surface area contributed by atoms with Gasteiger partial charge in [0.1, 0.15) is 0 Å². The molecule has 0 amide bonds. The minimum atomic E-state index is -1.62. The van der Waals surface area contributed by atoms with Crippen molar-refractivity contribution in [3.05, 3.63) is 47.5 Å². The molecular formula is C12H7F3N2O2. The molecule has 0 radical (unpaired) electrons. The van der Waals surface area contributed by atoms with E-state index in [0.29, 0.717) is 0 Å². The second kappa shape index (κ2) is 5.05. The highest BCUT2D eigenvalue weighted by molar-refractivity contribution is 5.87. The van der Waals surface area contributed by atoms with E-state index >= 15 is 0 Å². The molecule has 0 saturated heterocycles. The van der Waals surface area contributed by atoms with Crippen LogP contribution in [0.2, 0.25) is 0 Å². The summed E-state index contributed by atoms with van der Waals surface area (Å²) < 4.78 is 43.9. The summed E-state index contributed by atoms with van der Waals surface area (Å²) in [5, 5.41) is 0. The van der Waals surface area contributed by atoms with E-state index in [-0.39, 0.29) is 17.1 Å². The SMILES string of the molecule is COC(=O)c1ccnc(-c2ccc(F)c(F)c2F)n1. The second-order valence-corrected chi connectivity index (χ2v) is 3.48. The Bertz CT molecular complexity index is 647. The number of nitrogens with zero attached hydrogens (tertiary/aromatic N) is 2. The first-order valence-electron chi connectivity index (χ1n) is 5.10. The van der Waals surface area contributed by atoms with Crippen molar-refractivity contribution < 1.29 is 22.7 Å². The molecule has 1 aromatic heterocycles. The molecule has 0 aliphatic heterocycles. The summed E-state index contributed by atoms with van der Waals surface area (Å²) in [7, 11) is 1.16. The van der Waals surface area contributed by atoms with Crippen LogP contribution in [0.4, 0.5) is 13.2 Å². The summed E-state index contributed by atoms with van der Waals surface area (Å²) in [4.78, 5) is 18.7. The quantitative estimate of drug-likeness (QED) is 0.619. The lowest BCUT2D eigenvalue weighted by Crippen LogP contribution is -2.06. The average molecular weight is 268 g/mol. The van der Waals surface area contributed by atoms with Gasteiger partial charge in [0.25, 0.3) is 0 Å². The Hall–Kier alpha value is -2.44. The van der Waals surface area contributed by atoms with E-state index in [1.54, 1.807) is 0 Å². The monoisotopic (exact) mass is 268 g/mol. The summed E-state index contributed by atoms with van der Waals surface area (Å²) in [6.45, 7) is 0. The molecule has 7 heteroatoms. The highest BCUT2D eigenvalue weighted by atomic mass is 19.2. The number of benzene rings is 1. The minimum Gasteiger partial charge on any atom is -0.464 e. The van der Waals surface area contributed by atoms with Crippen molar-refractivity contribution in [1.29, 1.82) is 0 Å². The predicted octanol–water partition coefficient (Wildman–Crippen LogP) is 2.35. The molecule has 0 fully saturated rings. The van der Waals surface area contributed by atoms with Gasteiger partial charge in [0.15, 0.2) is 29.0 Å². The smallest absolute Gasteiger partial charge is 0.356 e. The topological polar surface area (TPSA) is 52.1 Å². The molecule has 4 nitrogen and oxygen atoms in total. The molecule has 0 unspecified atom stereocenters. The molecule has 98 valence electrons. The first-order chi connectivity index (χ1) is 9.04. The molecule has 0 N–H and O–H groups in total. The second-order valence-electron chi connectivity index (χ2n) is 3.48. The zero-order valence-electron chi connectivity index (χ0n) is 9.65. The van der Waals surface area contributed by atoms with E-state index in [9.17, 15) is 18.0 Å². The Labute approximate surface area is 105 Å². The van der Waals surface area contributed by atoms with Crippen molar-refractivity contribution in [3.63, 3.8) is 0 Å². The van der Waals surface area contributed by atoms with Crippen LogP contribution < -0.4 is 0 Å². The van der Waals surface area contributed by atoms with Crippen LogP contribution in [0.5, 0.6) is 0 Å². The number of methoxy groups -OCH3 is 1. The van der Waals surface area contributed by atoms with Crippen molar-refractivity contribution in [3.8, 4) is 11.4 Å². The number of carbonyl (C=O) groups is 1. The Morgan fingerprint density at radius 1 is 1.16 bits per heavy atom. The van der Waals surface area contributed by atoms with E-state index in [0.717, 1.165) is 19.2 Å². The zero-order chi connectivity index (χ0) is 14.0. The lowest BCUT2D eigenvalue weighted by Gasteiger charge is -2.04. The summed E-state index contributed by atoms with van der Waals surface area (Å²) in [5.41, 5.74) is -0.457. The zero-order valence-corrected chi connectivity index (χ0v) is 9.65. The van der Waals surface area contributed by atoms with Gasteiger partial charge in [-0.3, -0.25) is 0 Å². The highest BCUT2D eigenvalue weighted by Gasteiger charge is 2.18. The van der Waals surface area contributed by atoms with Crippen molar-refractivity contribution in [1.82, 2.24) is 9.97 Å². The van der Waals surface area contributed by atoms with Gasteiger partial charge in [0, 0.05) is 6.20 Å². The number of halogens is 3. The van der Waals surface area contributed by atoms with Crippen LogP contribution in [0, 0.1) is 17.5 Å². The Morgan fingerprint density at radius 2 is 1.89 bits per heavy atom. The van der Waals surface area contributed by atoms with E-state index < -0.39 is 23.4 Å². The molecule has 0 aliphatic carbocycles. The van der Waals surface area contributed by atoms with Crippen LogP contribution in [0.15, 0.2) is 24.4 Å². The van der Waals surface area contributed by atoms with Gasteiger partial charge in [-0.2, -0.15) is 0 Å². The number of carbonyl (C=O) groups excluding carboxylic acids is 1. The Kier molecular flexibility index (Phi) is 3.46. The molecule has 0 spiro atoms. The van der Waals surface area contributed by atoms with Crippen molar-refractivity contribution in [2.75, 3.05) is 7.11 Å². The number of ether oxygens (including phenoxy) is 1. The summed E-state index contributed by atoms with van der Waals surface area (Å²) in [6.07, 6.45) is 1.19. The van der Waals surface area contributed by atoms with Crippen molar-refractivity contribution in [2.24, 2.45) is 0 Å². The van der Waals surface area contributed by atoms with Gasteiger partial charge in [-0.1, -0.05) is 0 Å². The van der Waals surface area contributed by atoms with Gasteiger partial charge in [-0.25, -0.2) is 27.9 Å². The van der Waals surface area contributed by atoms with Crippen LogP contribution in [-0.4, -0.2) is 23.0 Å². The standard InChI is InChI=1S/C12H7F3N2O2/c1-19-12(18)8-4-5-16-11(17-8)6-2-3-7(13)10(15)9(6)14/h2-5H,1H3. The van der Waals surface area contributed by atoms with Gasteiger partial charge in [-0.15, -0.1) is 0 Å². The number of aromatic nitrogens is 2. The number of hydrogen-bond acceptors (Lipinski definition) is 4. The van der Waals surface area contributed by atoms with Crippen LogP contribution in [0.1, 0.15) is 10.5 Å². The normalized spacial score (nSPS) is 10.3. The maximum absolute atomic E-state index is 13.6. The predicted molar refractivity (Wildman–Crippen MR) is 58.7 cm³/mol. The van der Waals surface area contributed by atoms with Gasteiger partial charge >= 0.3 is 5.97 Å². The fraction of sp³-hybridized carbons (Fsp3) is 0.0833. The summed E-state index contributed by atoms with van der Waals surface area (Å²) in [6, 6.07) is 3.00. The maximum atomic E-state index is 13.6. The van der Waals surface area contributed by atoms with Crippen LogP contribution in [-0.2, 0) is 4.74 Å². The fourth-order valence-electron chi connectivity index (χ4n) is 1.41. The summed E-state index contributed by atoms with van der Waals surface area (Å²) in [5.74, 6) is -5.33. The van der Waals surface area contributed by atoms with E-state index in [1.807, 2.05) is 0 Å². The molecule has 0 saturated carbocycles. The van der Waals surface area contributed by atoms with Gasteiger partial charge in [-0.05, 0) is 18.2 Å². The molecule has 2 rings (SSSR count). The summed E-state index contributed by atoms with van der Waals surface area (Å²) >= 11 is 0. The molecule has 19 heavy (non-hydrogen) atoms. The Morgan fingerprint density at radius 3 is 2.58 bits per heavy atom. The fourth-order valence-corrected chi connectivity index (χ4v) is 1.41. The first kappa shape index (κ1) is 13.0. The molecule has 0 bridgehead atoms. The lowest BCUT2D eigenvalue weighted by atomic mass is 10.2. The van der Waals surface area contributed by atoms with Gasteiger partial charge in [0.05, 0.1) is 12.7 Å². The third-order valence-electron chi connectivity index (χ3n) is 2.33. The van der Waals surface area contributed by atoms with Gasteiger partial charge < -0.3 is 4.74 Å². The number of hydrogen-bond donors (Lipinski definition) is 0. The third kappa shape index (κ3) is 2.40.